The van der Waals surface area contributed by atoms with Crippen molar-refractivity contribution in [2.45, 2.75) is 0 Å². The standard InChI is InChI=1S/C25H23N11O3/c1-39-17-14-30-21(15-5-6-18(26)28-12-15)22-20(17)16(13-29-22)23(37)24(38)34-8-10-35(11-9-34)25-31-32-33-36(25)19-4-2-3-7-27-19/h2-7,12-14,29H,8-11H2,1H3,(H2,26,28). The molecule has 14 nitrogen and oxygen atoms in total. The van der Waals surface area contributed by atoms with Crippen molar-refractivity contribution in [2.75, 3.05) is 43.9 Å². The highest BCUT2D eigenvalue weighted by molar-refractivity contribution is 6.45. The van der Waals surface area contributed by atoms with Crippen LogP contribution in [0.15, 0.2) is 55.1 Å². The summed E-state index contributed by atoms with van der Waals surface area (Å²) < 4.78 is 7.03. The number of Topliss-reactive ketones (excluding diaryl/α,β-unsaturated/α-hetero) is 1. The van der Waals surface area contributed by atoms with Gasteiger partial charge in [-0.25, -0.2) is 9.97 Å². The van der Waals surface area contributed by atoms with Gasteiger partial charge in [-0.2, -0.15) is 4.68 Å². The maximum Gasteiger partial charge on any atom is 0.295 e. The van der Waals surface area contributed by atoms with E-state index in [-0.39, 0.29) is 5.56 Å². The number of aromatic amines is 1. The van der Waals surface area contributed by atoms with Crippen molar-refractivity contribution in [1.82, 2.24) is 45.0 Å². The second kappa shape index (κ2) is 9.81. The van der Waals surface area contributed by atoms with E-state index in [1.165, 1.54) is 24.4 Å². The third-order valence-electron chi connectivity index (χ3n) is 6.56. The van der Waals surface area contributed by atoms with Crippen LogP contribution in [-0.2, 0) is 4.79 Å². The molecular formula is C25H23N11O3. The first-order chi connectivity index (χ1) is 19.0. The van der Waals surface area contributed by atoms with Gasteiger partial charge in [0.25, 0.3) is 17.6 Å². The summed E-state index contributed by atoms with van der Waals surface area (Å²) >= 11 is 0. The summed E-state index contributed by atoms with van der Waals surface area (Å²) in [5.74, 6) is 0.618. The Balaban J connectivity index is 1.23. The first-order valence-electron chi connectivity index (χ1n) is 12.1. The number of aromatic nitrogens is 8. The van der Waals surface area contributed by atoms with Crippen LogP contribution in [0.5, 0.6) is 5.75 Å². The second-order valence-corrected chi connectivity index (χ2v) is 8.79. The van der Waals surface area contributed by atoms with E-state index in [1.54, 1.807) is 35.3 Å². The smallest absolute Gasteiger partial charge is 0.295 e. The molecule has 1 saturated heterocycles. The monoisotopic (exact) mass is 525 g/mol. The van der Waals surface area contributed by atoms with E-state index in [2.05, 4.69) is 35.5 Å². The largest absolute Gasteiger partial charge is 0.494 e. The van der Waals surface area contributed by atoms with Crippen molar-refractivity contribution in [3.8, 4) is 22.8 Å². The number of amides is 1. The number of hydrogen-bond donors (Lipinski definition) is 2. The Labute approximate surface area is 221 Å². The van der Waals surface area contributed by atoms with E-state index in [1.807, 2.05) is 17.0 Å². The van der Waals surface area contributed by atoms with Gasteiger partial charge in [0.2, 0.25) is 0 Å². The predicted molar refractivity (Wildman–Crippen MR) is 140 cm³/mol. The Morgan fingerprint density at radius 3 is 2.59 bits per heavy atom. The number of piperazine rings is 1. The molecule has 1 fully saturated rings. The Bertz CT molecular complexity index is 1660. The number of pyridine rings is 3. The number of carbonyl (C=O) groups is 2. The minimum absolute atomic E-state index is 0.209. The zero-order valence-electron chi connectivity index (χ0n) is 20.9. The van der Waals surface area contributed by atoms with Crippen LogP contribution < -0.4 is 15.4 Å². The summed E-state index contributed by atoms with van der Waals surface area (Å²) in [7, 11) is 1.49. The number of nitrogens with zero attached hydrogens (tertiary/aromatic N) is 9. The van der Waals surface area contributed by atoms with Crippen LogP contribution in [0, 0.1) is 0 Å². The molecule has 0 aliphatic carbocycles. The molecule has 3 N–H and O–H groups in total. The molecule has 6 heterocycles. The van der Waals surface area contributed by atoms with Crippen molar-refractivity contribution >= 4 is 34.4 Å². The van der Waals surface area contributed by atoms with Crippen LogP contribution in [0.1, 0.15) is 10.4 Å². The fourth-order valence-corrected chi connectivity index (χ4v) is 4.59. The number of carbonyl (C=O) groups excluding carboxylic acids is 2. The summed E-state index contributed by atoms with van der Waals surface area (Å²) in [6.07, 6.45) is 6.30. The predicted octanol–water partition coefficient (Wildman–Crippen LogP) is 1.12. The van der Waals surface area contributed by atoms with E-state index in [0.717, 1.165) is 0 Å². The maximum absolute atomic E-state index is 13.5. The molecule has 0 aromatic carbocycles. The lowest BCUT2D eigenvalue weighted by Crippen LogP contribution is -2.51. The van der Waals surface area contributed by atoms with Gasteiger partial charge >= 0.3 is 0 Å². The Hall–Kier alpha value is -5.40. The molecule has 0 bridgehead atoms. The van der Waals surface area contributed by atoms with Crippen LogP contribution in [0.2, 0.25) is 0 Å². The number of hydrogen-bond acceptors (Lipinski definition) is 11. The summed E-state index contributed by atoms with van der Waals surface area (Å²) in [4.78, 5) is 46.3. The van der Waals surface area contributed by atoms with Gasteiger partial charge in [0.15, 0.2) is 5.82 Å². The minimum atomic E-state index is -0.640. The fraction of sp³-hybridized carbons (Fsp3) is 0.200. The quantitative estimate of drug-likeness (QED) is 0.240. The normalized spacial score (nSPS) is 13.6. The van der Waals surface area contributed by atoms with Gasteiger partial charge < -0.3 is 25.3 Å². The van der Waals surface area contributed by atoms with Crippen LogP contribution in [-0.4, -0.2) is 90.0 Å². The molecule has 0 radical (unpaired) electrons. The molecule has 0 saturated carbocycles. The van der Waals surface area contributed by atoms with Crippen LogP contribution in [0.25, 0.3) is 28.0 Å². The van der Waals surface area contributed by atoms with E-state index < -0.39 is 11.7 Å². The molecule has 5 aromatic heterocycles. The average Bonchev–Trinajstić information content (AvgIpc) is 3.65. The number of fused-ring (bicyclic) bond motifs is 1. The molecule has 1 aliphatic heterocycles. The number of rotatable bonds is 6. The number of nitrogens with one attached hydrogen (secondary N) is 1. The number of anilines is 2. The number of H-pyrrole nitrogens is 1. The molecule has 1 aliphatic rings. The van der Waals surface area contributed by atoms with Crippen LogP contribution in [0.4, 0.5) is 11.8 Å². The van der Waals surface area contributed by atoms with E-state index >= 15 is 0 Å². The molecule has 14 heteroatoms. The van der Waals surface area contributed by atoms with E-state index in [9.17, 15) is 9.59 Å². The maximum atomic E-state index is 13.5. The lowest BCUT2D eigenvalue weighted by atomic mass is 10.1. The van der Waals surface area contributed by atoms with Crippen molar-refractivity contribution < 1.29 is 14.3 Å². The highest BCUT2D eigenvalue weighted by Gasteiger charge is 2.31. The molecule has 39 heavy (non-hydrogen) atoms. The lowest BCUT2D eigenvalue weighted by molar-refractivity contribution is -0.126. The highest BCUT2D eigenvalue weighted by Crippen LogP contribution is 2.34. The SMILES string of the molecule is COc1cnc(-c2ccc(N)nc2)c2[nH]cc(C(=O)C(=O)N3CCN(c4nnnn4-c4ccccn4)CC3)c12. The average molecular weight is 526 g/mol. The molecule has 0 atom stereocenters. The Kier molecular flexibility index (Phi) is 6.03. The van der Waals surface area contributed by atoms with Gasteiger partial charge in [0.05, 0.1) is 35.5 Å². The molecule has 0 unspecified atom stereocenters. The summed E-state index contributed by atoms with van der Waals surface area (Å²) in [6, 6.07) is 8.92. The summed E-state index contributed by atoms with van der Waals surface area (Å²) in [6.45, 7) is 1.54. The molecular weight excluding hydrogens is 502 g/mol. The molecule has 1 amide bonds. The van der Waals surface area contributed by atoms with E-state index in [0.29, 0.717) is 71.7 Å². The highest BCUT2D eigenvalue weighted by atomic mass is 16.5. The number of methoxy groups -OCH3 is 1. The van der Waals surface area contributed by atoms with E-state index in [4.69, 9.17) is 10.5 Å². The topological polar surface area (TPSA) is 174 Å². The number of nitrogens with two attached hydrogens (primary N) is 1. The molecule has 6 rings (SSSR count). The van der Waals surface area contributed by atoms with Crippen molar-refractivity contribution in [3.05, 3.63) is 60.7 Å². The second-order valence-electron chi connectivity index (χ2n) is 8.79. The first kappa shape index (κ1) is 24.0. The van der Waals surface area contributed by atoms with Gasteiger partial charge in [0.1, 0.15) is 11.6 Å². The zero-order valence-corrected chi connectivity index (χ0v) is 20.9. The lowest BCUT2D eigenvalue weighted by Gasteiger charge is -2.34. The number of tetrazole rings is 1. The first-order valence-corrected chi connectivity index (χ1v) is 12.1. The number of ether oxygens (including phenoxy) is 1. The minimum Gasteiger partial charge on any atom is -0.494 e. The Morgan fingerprint density at radius 1 is 1.03 bits per heavy atom. The summed E-state index contributed by atoms with van der Waals surface area (Å²) in [5.41, 5.74) is 7.75. The molecule has 0 spiro atoms. The van der Waals surface area contributed by atoms with Gasteiger partial charge in [-0.3, -0.25) is 14.6 Å². The van der Waals surface area contributed by atoms with Crippen LogP contribution in [0.3, 0.4) is 0 Å². The zero-order chi connectivity index (χ0) is 26.9. The third kappa shape index (κ3) is 4.27. The van der Waals surface area contributed by atoms with Crippen molar-refractivity contribution in [3.63, 3.8) is 0 Å². The van der Waals surface area contributed by atoms with Gasteiger partial charge in [-0.15, -0.1) is 0 Å². The summed E-state index contributed by atoms with van der Waals surface area (Å²) in [5, 5.41) is 12.4. The van der Waals surface area contributed by atoms with Crippen molar-refractivity contribution in [1.29, 1.82) is 0 Å². The van der Waals surface area contributed by atoms with Gasteiger partial charge in [-0.05, 0) is 34.7 Å². The van der Waals surface area contributed by atoms with Gasteiger partial charge in [-0.1, -0.05) is 11.2 Å². The molecule has 5 aromatic rings. The third-order valence-corrected chi connectivity index (χ3v) is 6.56. The Morgan fingerprint density at radius 2 is 1.87 bits per heavy atom. The molecule has 196 valence electrons. The number of ketones is 1. The van der Waals surface area contributed by atoms with Crippen molar-refractivity contribution in [2.24, 2.45) is 0 Å². The fourth-order valence-electron chi connectivity index (χ4n) is 4.59. The van der Waals surface area contributed by atoms with Gasteiger partial charge in [0, 0.05) is 50.3 Å². The number of nitrogen functional groups attached to an aromatic ring is 1. The van der Waals surface area contributed by atoms with Crippen LogP contribution >= 0.6 is 0 Å².